The van der Waals surface area contributed by atoms with Crippen LogP contribution in [0.25, 0.3) is 5.69 Å². The number of hydrogen-bond acceptors (Lipinski definition) is 5. The first kappa shape index (κ1) is 27.8. The average molecular weight is 590 g/mol. The number of ether oxygens (including phenoxy) is 1. The Kier molecular flexibility index (Phi) is 9.06. The molecule has 0 aliphatic carbocycles. The van der Waals surface area contributed by atoms with Crippen molar-refractivity contribution in [2.75, 3.05) is 7.11 Å². The number of aromatic nitrogens is 3. The van der Waals surface area contributed by atoms with E-state index in [2.05, 4.69) is 27.6 Å². The van der Waals surface area contributed by atoms with E-state index in [-0.39, 0.29) is 5.91 Å². The number of methoxy groups -OCH3 is 1. The molecule has 0 saturated carbocycles. The normalized spacial score (nSPS) is 11.7. The number of carbonyl (C=O) groups is 1. The molecule has 1 amide bonds. The number of amides is 1. The molecule has 0 aliphatic heterocycles. The first-order valence-corrected chi connectivity index (χ1v) is 14.3. The maximum Gasteiger partial charge on any atom is 0.255 e. The predicted molar refractivity (Wildman–Crippen MR) is 161 cm³/mol. The van der Waals surface area contributed by atoms with Crippen molar-refractivity contribution in [3.05, 3.63) is 136 Å². The highest BCUT2D eigenvalue weighted by molar-refractivity contribution is 7.98. The summed E-state index contributed by atoms with van der Waals surface area (Å²) in [6.45, 7) is 0. The van der Waals surface area contributed by atoms with Gasteiger partial charge in [-0.05, 0) is 47.9 Å². The molecule has 1 unspecified atom stereocenters. The summed E-state index contributed by atoms with van der Waals surface area (Å²) in [5, 5.41) is 14.0. The number of carbonyl (C=O) groups excluding carboxylic acids is 1. The van der Waals surface area contributed by atoms with Crippen LogP contribution in [0.4, 0.5) is 0 Å². The van der Waals surface area contributed by atoms with Gasteiger partial charge in [0.15, 0.2) is 11.0 Å². The molecule has 0 fully saturated rings. The lowest BCUT2D eigenvalue weighted by Crippen LogP contribution is -2.32. The minimum absolute atomic E-state index is 0.284. The van der Waals surface area contributed by atoms with E-state index in [9.17, 15) is 4.79 Å². The van der Waals surface area contributed by atoms with Crippen molar-refractivity contribution in [1.29, 1.82) is 0 Å². The zero-order valence-corrected chi connectivity index (χ0v) is 24.0. The van der Waals surface area contributed by atoms with Crippen LogP contribution >= 0.6 is 35.0 Å². The van der Waals surface area contributed by atoms with Gasteiger partial charge in [0.1, 0.15) is 5.75 Å². The molecular weight excluding hydrogens is 563 g/mol. The number of nitrogens with one attached hydrogen (secondary N) is 1. The minimum Gasteiger partial charge on any atom is -0.496 e. The van der Waals surface area contributed by atoms with Crippen LogP contribution in [0.1, 0.15) is 33.4 Å². The summed E-state index contributed by atoms with van der Waals surface area (Å²) >= 11 is 14.5. The Labute approximate surface area is 247 Å². The zero-order chi connectivity index (χ0) is 27.9. The molecule has 0 saturated heterocycles. The van der Waals surface area contributed by atoms with Crippen LogP contribution in [0.5, 0.6) is 5.75 Å². The van der Waals surface area contributed by atoms with Gasteiger partial charge in [-0.15, -0.1) is 10.2 Å². The van der Waals surface area contributed by atoms with E-state index in [4.69, 9.17) is 27.9 Å². The van der Waals surface area contributed by atoms with Gasteiger partial charge in [0.25, 0.3) is 5.91 Å². The molecular formula is C31H26Cl2N4O2S. The molecule has 9 heteroatoms. The monoisotopic (exact) mass is 588 g/mol. The molecule has 5 rings (SSSR count). The molecule has 6 nitrogen and oxygen atoms in total. The van der Waals surface area contributed by atoms with Crippen molar-refractivity contribution in [1.82, 2.24) is 20.1 Å². The Bertz CT molecular complexity index is 1600. The topological polar surface area (TPSA) is 69.0 Å². The van der Waals surface area contributed by atoms with Gasteiger partial charge >= 0.3 is 0 Å². The van der Waals surface area contributed by atoms with Crippen LogP contribution in [-0.2, 0) is 12.2 Å². The van der Waals surface area contributed by atoms with E-state index in [0.717, 1.165) is 11.1 Å². The van der Waals surface area contributed by atoms with Crippen molar-refractivity contribution < 1.29 is 9.53 Å². The highest BCUT2D eigenvalue weighted by Gasteiger charge is 2.27. The molecule has 1 atom stereocenters. The van der Waals surface area contributed by atoms with Gasteiger partial charge in [0, 0.05) is 10.8 Å². The lowest BCUT2D eigenvalue weighted by molar-refractivity contribution is 0.0931. The largest absolute Gasteiger partial charge is 0.496 e. The first-order chi connectivity index (χ1) is 19.5. The summed E-state index contributed by atoms with van der Waals surface area (Å²) in [6.07, 6.45) is 0.481. The summed E-state index contributed by atoms with van der Waals surface area (Å²) in [5.74, 6) is 1.43. The molecule has 1 N–H and O–H groups in total. The van der Waals surface area contributed by atoms with E-state index >= 15 is 0 Å². The second kappa shape index (κ2) is 13.0. The lowest BCUT2D eigenvalue weighted by Gasteiger charge is -2.21. The summed E-state index contributed by atoms with van der Waals surface area (Å²) in [4.78, 5) is 13.6. The van der Waals surface area contributed by atoms with Gasteiger partial charge in [-0.25, -0.2) is 0 Å². The Morgan fingerprint density at radius 2 is 1.57 bits per heavy atom. The van der Waals surface area contributed by atoms with E-state index in [1.54, 1.807) is 37.4 Å². The summed E-state index contributed by atoms with van der Waals surface area (Å²) in [7, 11) is 1.54. The van der Waals surface area contributed by atoms with Crippen LogP contribution < -0.4 is 10.1 Å². The molecule has 40 heavy (non-hydrogen) atoms. The summed E-state index contributed by atoms with van der Waals surface area (Å²) < 4.78 is 7.35. The molecule has 202 valence electrons. The second-order valence-corrected chi connectivity index (χ2v) is 10.7. The first-order valence-electron chi connectivity index (χ1n) is 12.6. The molecule has 0 bridgehead atoms. The van der Waals surface area contributed by atoms with Gasteiger partial charge in [0.2, 0.25) is 0 Å². The third-order valence-corrected chi connectivity index (χ3v) is 7.81. The smallest absolute Gasteiger partial charge is 0.255 e. The van der Waals surface area contributed by atoms with Crippen LogP contribution in [-0.4, -0.2) is 27.8 Å². The fourth-order valence-corrected chi connectivity index (χ4v) is 5.74. The van der Waals surface area contributed by atoms with E-state index in [0.29, 0.717) is 50.2 Å². The fraction of sp³-hybridized carbons (Fsp3) is 0.129. The maximum absolute atomic E-state index is 13.6. The SMILES string of the molecule is COc1ccccc1C(=O)NC(Cc1ccccc1)c1nnc(SCc2ccccc2)n1-c1ccc(Cl)cc1Cl. The predicted octanol–water partition coefficient (Wildman–Crippen LogP) is 7.59. The quantitative estimate of drug-likeness (QED) is 0.170. The van der Waals surface area contributed by atoms with Crippen molar-refractivity contribution in [2.45, 2.75) is 23.4 Å². The highest BCUT2D eigenvalue weighted by Crippen LogP contribution is 2.33. The fourth-order valence-electron chi connectivity index (χ4n) is 4.34. The van der Waals surface area contributed by atoms with Gasteiger partial charge in [-0.3, -0.25) is 9.36 Å². The van der Waals surface area contributed by atoms with Gasteiger partial charge in [-0.1, -0.05) is 108 Å². The van der Waals surface area contributed by atoms with Crippen LogP contribution in [0.2, 0.25) is 10.0 Å². The molecule has 0 spiro atoms. The number of hydrogen-bond donors (Lipinski definition) is 1. The third-order valence-electron chi connectivity index (χ3n) is 6.27. The molecule has 5 aromatic rings. The van der Waals surface area contributed by atoms with Crippen molar-refractivity contribution >= 4 is 40.9 Å². The number of rotatable bonds is 10. The van der Waals surface area contributed by atoms with Crippen LogP contribution in [0.3, 0.4) is 0 Å². The second-order valence-electron chi connectivity index (χ2n) is 8.96. The van der Waals surface area contributed by atoms with Gasteiger partial charge in [0.05, 0.1) is 29.4 Å². The Morgan fingerprint density at radius 1 is 0.900 bits per heavy atom. The summed E-state index contributed by atoms with van der Waals surface area (Å²) in [6, 6.07) is 31.9. The van der Waals surface area contributed by atoms with Crippen molar-refractivity contribution in [3.8, 4) is 11.4 Å². The Balaban J connectivity index is 1.58. The van der Waals surface area contributed by atoms with E-state index in [1.165, 1.54) is 11.8 Å². The number of nitrogens with zero attached hydrogens (tertiary/aromatic N) is 3. The average Bonchev–Trinajstić information content (AvgIpc) is 3.40. The van der Waals surface area contributed by atoms with Crippen molar-refractivity contribution in [3.63, 3.8) is 0 Å². The van der Waals surface area contributed by atoms with Crippen molar-refractivity contribution in [2.24, 2.45) is 0 Å². The standard InChI is InChI=1S/C31H26Cl2N4O2S/c1-39-28-15-9-8-14-24(28)30(38)34-26(18-21-10-4-2-5-11-21)29-35-36-31(40-20-22-12-6-3-7-13-22)37(29)27-17-16-23(32)19-25(27)33/h2-17,19,26H,18,20H2,1H3,(H,34,38). The number of halogens is 2. The summed E-state index contributed by atoms with van der Waals surface area (Å²) in [5.41, 5.74) is 3.28. The van der Waals surface area contributed by atoms with E-state index in [1.807, 2.05) is 65.2 Å². The Morgan fingerprint density at radius 3 is 2.27 bits per heavy atom. The number of benzene rings is 4. The molecule has 4 aromatic carbocycles. The third kappa shape index (κ3) is 6.50. The van der Waals surface area contributed by atoms with Crippen LogP contribution in [0, 0.1) is 0 Å². The molecule has 1 heterocycles. The van der Waals surface area contributed by atoms with Gasteiger partial charge in [-0.2, -0.15) is 0 Å². The number of para-hydroxylation sites is 1. The maximum atomic E-state index is 13.6. The molecule has 1 aromatic heterocycles. The van der Waals surface area contributed by atoms with Crippen LogP contribution in [0.15, 0.2) is 108 Å². The minimum atomic E-state index is -0.537. The lowest BCUT2D eigenvalue weighted by atomic mass is 10.0. The number of thioether (sulfide) groups is 1. The highest BCUT2D eigenvalue weighted by atomic mass is 35.5. The Hall–Kier alpha value is -3.78. The molecule has 0 radical (unpaired) electrons. The van der Waals surface area contributed by atoms with Gasteiger partial charge < -0.3 is 10.1 Å². The molecule has 0 aliphatic rings. The zero-order valence-electron chi connectivity index (χ0n) is 21.6. The van der Waals surface area contributed by atoms with E-state index < -0.39 is 6.04 Å².